The third-order valence-corrected chi connectivity index (χ3v) is 5.87. The molecule has 0 bridgehead atoms. The van der Waals surface area contributed by atoms with Gasteiger partial charge >= 0.3 is 11.9 Å². The predicted octanol–water partition coefficient (Wildman–Crippen LogP) is 2.36. The normalized spacial score (nSPS) is 13.4. The minimum Gasteiger partial charge on any atom is -0.467 e. The van der Waals surface area contributed by atoms with Crippen LogP contribution in [0.5, 0.6) is 0 Å². The Hall–Kier alpha value is -3.73. The zero-order chi connectivity index (χ0) is 29.4. The first kappa shape index (κ1) is 33.3. The summed E-state index contributed by atoms with van der Waals surface area (Å²) in [4.78, 5) is 61.2. The van der Waals surface area contributed by atoms with Gasteiger partial charge in [0.1, 0.15) is 17.8 Å². The SMILES string of the molecule is CCCC=C(CC)OC(=O)CCC(=O)Nc1ccc(CC(NC(=O)C(C)NC(=O)C(C)NC)C(=O)OC)cc1. The molecule has 3 atom stereocenters. The summed E-state index contributed by atoms with van der Waals surface area (Å²) < 4.78 is 10.1. The van der Waals surface area contributed by atoms with Gasteiger partial charge in [0.25, 0.3) is 0 Å². The van der Waals surface area contributed by atoms with Crippen molar-refractivity contribution in [1.82, 2.24) is 16.0 Å². The van der Waals surface area contributed by atoms with Gasteiger partial charge in [0.15, 0.2) is 0 Å². The summed E-state index contributed by atoms with van der Waals surface area (Å²) in [5.41, 5.74) is 1.22. The summed E-state index contributed by atoms with van der Waals surface area (Å²) in [7, 11) is 2.85. The fraction of sp³-hybridized carbons (Fsp3) is 0.536. The van der Waals surface area contributed by atoms with Crippen LogP contribution in [-0.2, 0) is 39.9 Å². The molecule has 4 N–H and O–H groups in total. The molecule has 0 saturated heterocycles. The number of carbonyl (C=O) groups is 5. The summed E-state index contributed by atoms with van der Waals surface area (Å²) in [6.45, 7) is 7.12. The molecule has 0 aromatic heterocycles. The van der Waals surface area contributed by atoms with Gasteiger partial charge in [0, 0.05) is 24.9 Å². The maximum absolute atomic E-state index is 12.6. The first-order valence-electron chi connectivity index (χ1n) is 13.2. The van der Waals surface area contributed by atoms with Crippen LogP contribution in [0, 0.1) is 0 Å². The summed E-state index contributed by atoms with van der Waals surface area (Å²) in [6, 6.07) is 4.41. The monoisotopic (exact) mass is 546 g/mol. The summed E-state index contributed by atoms with van der Waals surface area (Å²) in [5, 5.41) is 10.7. The average molecular weight is 547 g/mol. The minimum absolute atomic E-state index is 0.0242. The molecular weight excluding hydrogens is 504 g/mol. The number of nitrogens with one attached hydrogen (secondary N) is 4. The molecule has 1 rings (SSSR count). The smallest absolute Gasteiger partial charge is 0.328 e. The third-order valence-electron chi connectivity index (χ3n) is 5.87. The second-order valence-corrected chi connectivity index (χ2v) is 9.06. The Balaban J connectivity index is 2.67. The lowest BCUT2D eigenvalue weighted by Gasteiger charge is -2.21. The maximum atomic E-state index is 12.6. The van der Waals surface area contributed by atoms with Crippen molar-refractivity contribution in [3.8, 4) is 0 Å². The summed E-state index contributed by atoms with van der Waals surface area (Å²) >= 11 is 0. The molecule has 3 unspecified atom stereocenters. The van der Waals surface area contributed by atoms with Crippen molar-refractivity contribution in [2.45, 2.75) is 84.3 Å². The van der Waals surface area contributed by atoms with E-state index in [1.165, 1.54) is 14.0 Å². The molecule has 11 nitrogen and oxygen atoms in total. The molecule has 1 aromatic carbocycles. The number of hydrogen-bond acceptors (Lipinski definition) is 8. The number of rotatable bonds is 16. The molecule has 11 heteroatoms. The molecular formula is C28H42N4O7. The van der Waals surface area contributed by atoms with E-state index in [0.717, 1.165) is 12.8 Å². The fourth-order valence-electron chi connectivity index (χ4n) is 3.33. The Kier molecular flexibility index (Phi) is 15.1. The molecule has 0 aliphatic rings. The van der Waals surface area contributed by atoms with Crippen molar-refractivity contribution in [1.29, 1.82) is 0 Å². The van der Waals surface area contributed by atoms with Gasteiger partial charge in [-0.3, -0.25) is 19.2 Å². The van der Waals surface area contributed by atoms with E-state index in [-0.39, 0.29) is 31.1 Å². The molecule has 3 amide bonds. The molecule has 0 fully saturated rings. The van der Waals surface area contributed by atoms with Crippen LogP contribution in [0.3, 0.4) is 0 Å². The standard InChI is InChI=1S/C28H42N4O7/c1-7-9-10-22(8-2)39-25(34)16-15-24(33)31-21-13-11-20(12-14-21)17-23(28(37)38-6)32-27(36)19(4)30-26(35)18(3)29-5/h10-14,18-19,23,29H,7-9,15-17H2,1-6H3,(H,30,35)(H,31,33)(H,32,36). The first-order chi connectivity index (χ1) is 18.5. The lowest BCUT2D eigenvalue weighted by atomic mass is 10.0. The van der Waals surface area contributed by atoms with Gasteiger partial charge in [-0.2, -0.15) is 0 Å². The average Bonchev–Trinajstić information content (AvgIpc) is 2.93. The lowest BCUT2D eigenvalue weighted by Crippen LogP contribution is -2.53. The molecule has 39 heavy (non-hydrogen) atoms. The van der Waals surface area contributed by atoms with Crippen LogP contribution >= 0.6 is 0 Å². The van der Waals surface area contributed by atoms with Crippen molar-refractivity contribution in [3.05, 3.63) is 41.7 Å². The highest BCUT2D eigenvalue weighted by molar-refractivity contribution is 5.93. The van der Waals surface area contributed by atoms with E-state index >= 15 is 0 Å². The van der Waals surface area contributed by atoms with E-state index in [0.29, 0.717) is 23.4 Å². The molecule has 0 spiro atoms. The highest BCUT2D eigenvalue weighted by Crippen LogP contribution is 2.14. The number of allylic oxidation sites excluding steroid dienone is 2. The summed E-state index contributed by atoms with van der Waals surface area (Å²) in [5.74, 6) is -1.69. The quantitative estimate of drug-likeness (QED) is 0.182. The highest BCUT2D eigenvalue weighted by Gasteiger charge is 2.26. The Morgan fingerprint density at radius 1 is 0.923 bits per heavy atom. The van der Waals surface area contributed by atoms with Gasteiger partial charge in [0.2, 0.25) is 17.7 Å². The predicted molar refractivity (Wildman–Crippen MR) is 147 cm³/mol. The second-order valence-electron chi connectivity index (χ2n) is 9.06. The Morgan fingerprint density at radius 3 is 2.13 bits per heavy atom. The number of unbranched alkanes of at least 4 members (excludes halogenated alkanes) is 1. The van der Waals surface area contributed by atoms with Gasteiger partial charge < -0.3 is 30.7 Å². The molecule has 0 heterocycles. The van der Waals surface area contributed by atoms with Crippen molar-refractivity contribution in [2.24, 2.45) is 0 Å². The number of hydrogen-bond donors (Lipinski definition) is 4. The molecule has 1 aromatic rings. The zero-order valence-electron chi connectivity index (χ0n) is 23.7. The van der Waals surface area contributed by atoms with Gasteiger partial charge in [0.05, 0.1) is 19.6 Å². The molecule has 0 saturated carbocycles. The van der Waals surface area contributed by atoms with E-state index < -0.39 is 36.0 Å². The fourth-order valence-corrected chi connectivity index (χ4v) is 3.33. The lowest BCUT2D eigenvalue weighted by molar-refractivity contribution is -0.145. The minimum atomic E-state index is -0.977. The van der Waals surface area contributed by atoms with Gasteiger partial charge in [-0.1, -0.05) is 32.4 Å². The van der Waals surface area contributed by atoms with Crippen LogP contribution in [0.15, 0.2) is 36.1 Å². The van der Waals surface area contributed by atoms with Gasteiger partial charge in [-0.15, -0.1) is 0 Å². The Labute approximate surface area is 230 Å². The number of benzene rings is 1. The van der Waals surface area contributed by atoms with Gasteiger partial charge in [-0.05, 0) is 51.1 Å². The van der Waals surface area contributed by atoms with E-state index in [9.17, 15) is 24.0 Å². The number of likely N-dealkylation sites (N-methyl/N-ethyl adjacent to an activating group) is 1. The van der Waals surface area contributed by atoms with Crippen LogP contribution < -0.4 is 21.3 Å². The van der Waals surface area contributed by atoms with E-state index in [4.69, 9.17) is 9.47 Å². The number of ether oxygens (including phenoxy) is 2. The third kappa shape index (κ3) is 12.6. The van der Waals surface area contributed by atoms with Crippen LogP contribution in [-0.4, -0.2) is 61.9 Å². The molecule has 0 radical (unpaired) electrons. The van der Waals surface area contributed by atoms with Crippen LogP contribution in [0.4, 0.5) is 5.69 Å². The summed E-state index contributed by atoms with van der Waals surface area (Å²) in [6.07, 6.45) is 4.35. The topological polar surface area (TPSA) is 152 Å². The van der Waals surface area contributed by atoms with Crippen molar-refractivity contribution < 1.29 is 33.4 Å². The number of carbonyl (C=O) groups excluding carboxylic acids is 5. The van der Waals surface area contributed by atoms with E-state index in [1.807, 2.05) is 19.9 Å². The number of anilines is 1. The van der Waals surface area contributed by atoms with Crippen molar-refractivity contribution >= 4 is 35.3 Å². The number of esters is 2. The number of amides is 3. The Morgan fingerprint density at radius 2 is 1.56 bits per heavy atom. The van der Waals surface area contributed by atoms with Crippen LogP contribution in [0.1, 0.15) is 65.4 Å². The van der Waals surface area contributed by atoms with E-state index in [2.05, 4.69) is 21.3 Å². The highest BCUT2D eigenvalue weighted by atomic mass is 16.5. The van der Waals surface area contributed by atoms with Crippen molar-refractivity contribution in [2.75, 3.05) is 19.5 Å². The number of methoxy groups -OCH3 is 1. The molecule has 0 aliphatic heterocycles. The molecule has 216 valence electrons. The second kappa shape index (κ2) is 17.7. The van der Waals surface area contributed by atoms with Gasteiger partial charge in [-0.25, -0.2) is 4.79 Å². The molecule has 0 aliphatic carbocycles. The first-order valence-corrected chi connectivity index (χ1v) is 13.2. The van der Waals surface area contributed by atoms with Crippen LogP contribution in [0.25, 0.3) is 0 Å². The maximum Gasteiger partial charge on any atom is 0.328 e. The largest absolute Gasteiger partial charge is 0.467 e. The van der Waals surface area contributed by atoms with E-state index in [1.54, 1.807) is 38.2 Å². The van der Waals surface area contributed by atoms with Crippen molar-refractivity contribution in [3.63, 3.8) is 0 Å². The van der Waals surface area contributed by atoms with Crippen LogP contribution in [0.2, 0.25) is 0 Å². The zero-order valence-corrected chi connectivity index (χ0v) is 23.7. The Bertz CT molecular complexity index is 1010.